The lowest BCUT2D eigenvalue weighted by molar-refractivity contribution is -0.179. The van der Waals surface area contributed by atoms with Crippen molar-refractivity contribution in [1.82, 2.24) is 15.0 Å². The summed E-state index contributed by atoms with van der Waals surface area (Å²) in [5.74, 6) is -4.40. The number of hydrogen-bond acceptors (Lipinski definition) is 8. The molecule has 1 aromatic heterocycles. The second-order valence-corrected chi connectivity index (χ2v) is 11.4. The van der Waals surface area contributed by atoms with Crippen LogP contribution in [0.1, 0.15) is 48.1 Å². The van der Waals surface area contributed by atoms with E-state index in [9.17, 15) is 33.6 Å². The molecule has 0 unspecified atom stereocenters. The molecule has 3 aromatic rings. The normalized spacial score (nSPS) is 27.5. The molecule has 210 valence electrons. The van der Waals surface area contributed by atoms with Crippen molar-refractivity contribution in [1.29, 1.82) is 0 Å². The maximum atomic E-state index is 13.8. The van der Waals surface area contributed by atoms with E-state index in [0.717, 1.165) is 40.8 Å². The summed E-state index contributed by atoms with van der Waals surface area (Å²) in [6, 6.07) is 8.05. The summed E-state index contributed by atoms with van der Waals surface area (Å²) in [6.45, 7) is 1.39. The number of aryl methyl sites for hydroxylation is 1. The van der Waals surface area contributed by atoms with Gasteiger partial charge < -0.3 is 25.2 Å². The number of aliphatic hydroxyl groups excluding tert-OH is 3. The number of ether oxygens (including phenoxy) is 1. The topological polar surface area (TPSA) is 121 Å². The van der Waals surface area contributed by atoms with Crippen molar-refractivity contribution in [3.63, 3.8) is 0 Å². The van der Waals surface area contributed by atoms with E-state index in [-0.39, 0.29) is 11.3 Å². The monoisotopic (exact) mass is 565 g/mol. The molecule has 12 heteroatoms. The molecular weight excluding hydrogens is 535 g/mol. The molecule has 0 radical (unpaired) electrons. The zero-order valence-electron chi connectivity index (χ0n) is 21.1. The molecule has 1 saturated carbocycles. The van der Waals surface area contributed by atoms with Crippen LogP contribution in [0.3, 0.4) is 0 Å². The lowest BCUT2D eigenvalue weighted by atomic mass is 9.90. The van der Waals surface area contributed by atoms with Crippen LogP contribution in [0.15, 0.2) is 42.6 Å². The molecule has 0 spiro atoms. The van der Waals surface area contributed by atoms with E-state index < -0.39 is 64.7 Å². The fraction of sp³-hybridized carbons (Fsp3) is 0.481. The van der Waals surface area contributed by atoms with Crippen molar-refractivity contribution < 1.29 is 38.3 Å². The molecule has 2 heterocycles. The van der Waals surface area contributed by atoms with Gasteiger partial charge >= 0.3 is 0 Å². The fourth-order valence-electron chi connectivity index (χ4n) is 5.50. The van der Waals surface area contributed by atoms with Crippen molar-refractivity contribution in [2.75, 3.05) is 6.61 Å². The van der Waals surface area contributed by atoms with Gasteiger partial charge in [0.05, 0.1) is 23.7 Å². The molecule has 1 aliphatic heterocycles. The van der Waals surface area contributed by atoms with Crippen LogP contribution in [0, 0.1) is 24.4 Å². The predicted molar refractivity (Wildman–Crippen MR) is 137 cm³/mol. The molecule has 0 bridgehead atoms. The minimum absolute atomic E-state index is 0.0125. The van der Waals surface area contributed by atoms with Gasteiger partial charge in [-0.3, -0.25) is 0 Å². The number of rotatable bonds is 7. The predicted octanol–water partition coefficient (Wildman–Crippen LogP) is 3.43. The van der Waals surface area contributed by atoms with Gasteiger partial charge in [0.15, 0.2) is 17.5 Å². The van der Waals surface area contributed by atoms with Gasteiger partial charge in [-0.2, -0.15) is 0 Å². The van der Waals surface area contributed by atoms with Crippen LogP contribution in [0.25, 0.3) is 11.3 Å². The minimum atomic E-state index is -1.61. The van der Waals surface area contributed by atoms with Crippen molar-refractivity contribution in [3.05, 3.63) is 71.2 Å². The molecule has 5 rings (SSSR count). The molecule has 1 saturated heterocycles. The highest BCUT2D eigenvalue weighted by Gasteiger charge is 2.50. The maximum absolute atomic E-state index is 13.8. The summed E-state index contributed by atoms with van der Waals surface area (Å²) in [5, 5.41) is 51.4. The Bertz CT molecular complexity index is 1300. The Balaban J connectivity index is 1.47. The Morgan fingerprint density at radius 3 is 2.41 bits per heavy atom. The molecule has 1 aliphatic carbocycles. The molecule has 2 aromatic carbocycles. The Kier molecular flexibility index (Phi) is 8.05. The van der Waals surface area contributed by atoms with E-state index in [4.69, 9.17) is 4.74 Å². The molecular formula is C27H30F3N3O5S. The maximum Gasteiger partial charge on any atom is 0.194 e. The summed E-state index contributed by atoms with van der Waals surface area (Å²) in [4.78, 5) is 0. The van der Waals surface area contributed by atoms with Crippen LogP contribution >= 0.6 is 11.8 Å². The van der Waals surface area contributed by atoms with E-state index in [2.05, 4.69) is 10.3 Å². The molecule has 2 aliphatic rings. The summed E-state index contributed by atoms with van der Waals surface area (Å²) < 4.78 is 48.1. The van der Waals surface area contributed by atoms with Crippen molar-refractivity contribution in [3.8, 4) is 11.3 Å². The number of aliphatic hydroxyl groups is 4. The van der Waals surface area contributed by atoms with Gasteiger partial charge in [0, 0.05) is 5.56 Å². The number of aromatic nitrogens is 3. The second kappa shape index (κ2) is 11.2. The van der Waals surface area contributed by atoms with Crippen LogP contribution < -0.4 is 0 Å². The highest BCUT2D eigenvalue weighted by atomic mass is 32.2. The first-order valence-electron chi connectivity index (χ1n) is 12.8. The highest BCUT2D eigenvalue weighted by molar-refractivity contribution is 8.00. The van der Waals surface area contributed by atoms with E-state index in [1.54, 1.807) is 0 Å². The number of benzene rings is 2. The van der Waals surface area contributed by atoms with Gasteiger partial charge in [-0.1, -0.05) is 42.3 Å². The Labute approximate surface area is 227 Å². The Morgan fingerprint density at radius 1 is 1.10 bits per heavy atom. The number of hydrogen-bond donors (Lipinski definition) is 4. The van der Waals surface area contributed by atoms with E-state index in [1.165, 1.54) is 18.0 Å². The minimum Gasteiger partial charge on any atom is -0.394 e. The summed E-state index contributed by atoms with van der Waals surface area (Å²) in [6.07, 6.45) is 0.267. The molecule has 8 nitrogen and oxygen atoms in total. The zero-order valence-corrected chi connectivity index (χ0v) is 21.9. The van der Waals surface area contributed by atoms with Gasteiger partial charge in [0.2, 0.25) is 0 Å². The largest absolute Gasteiger partial charge is 0.394 e. The van der Waals surface area contributed by atoms with Gasteiger partial charge in [-0.25, -0.2) is 17.9 Å². The third-order valence-corrected chi connectivity index (χ3v) is 9.27. The third kappa shape index (κ3) is 5.33. The second-order valence-electron chi connectivity index (χ2n) is 10.2. The number of halogens is 3. The zero-order chi connectivity index (χ0) is 27.9. The summed E-state index contributed by atoms with van der Waals surface area (Å²) in [5.41, 5.74) is -0.261. The van der Waals surface area contributed by atoms with Crippen molar-refractivity contribution in [2.45, 2.75) is 73.2 Å². The lowest BCUT2D eigenvalue weighted by Crippen LogP contribution is -2.55. The quantitative estimate of drug-likeness (QED) is 0.322. The highest BCUT2D eigenvalue weighted by Crippen LogP contribution is 2.51. The van der Waals surface area contributed by atoms with Gasteiger partial charge in [0.25, 0.3) is 0 Å². The van der Waals surface area contributed by atoms with Crippen LogP contribution in [0.5, 0.6) is 0 Å². The van der Waals surface area contributed by atoms with Gasteiger partial charge in [0.1, 0.15) is 35.5 Å². The van der Waals surface area contributed by atoms with Gasteiger partial charge in [-0.05, 0) is 43.0 Å². The summed E-state index contributed by atoms with van der Waals surface area (Å²) >= 11 is 1.22. The average molecular weight is 566 g/mol. The van der Waals surface area contributed by atoms with E-state index in [1.807, 2.05) is 31.2 Å². The van der Waals surface area contributed by atoms with Crippen molar-refractivity contribution >= 4 is 11.8 Å². The third-order valence-electron chi connectivity index (χ3n) is 7.64. The SMILES string of the molecule is Cc1ccccc1[C@@H](S[C@@H]1O[C@H](CO)[C@H](O)[C@H](n2cc(-c3cc(F)c(F)c(F)c3)nn2)[C@H]1O)C1(O)CCCC1. The van der Waals surface area contributed by atoms with E-state index >= 15 is 0 Å². The van der Waals surface area contributed by atoms with Crippen LogP contribution in [-0.4, -0.2) is 71.4 Å². The van der Waals surface area contributed by atoms with E-state index in [0.29, 0.717) is 12.8 Å². The molecule has 2 fully saturated rings. The average Bonchev–Trinajstić information content (AvgIpc) is 3.57. The van der Waals surface area contributed by atoms with Crippen LogP contribution in [0.2, 0.25) is 0 Å². The smallest absolute Gasteiger partial charge is 0.194 e. The van der Waals surface area contributed by atoms with Crippen LogP contribution in [0.4, 0.5) is 13.2 Å². The van der Waals surface area contributed by atoms with Crippen LogP contribution in [-0.2, 0) is 4.74 Å². The standard InChI is InChI=1S/C27H30F3N3O5S/c1-14-6-2-3-7-16(14)25(27(37)8-4-5-9-27)39-26-24(36)22(23(35)20(13-34)38-26)33-12-19(31-32-33)15-10-17(28)21(30)18(29)11-15/h2-3,6-7,10-12,20,22-26,34-37H,4-5,8-9,13H2,1H3/t20-,22+,23+,24-,25-,26+/m1/s1. The Hall–Kier alpha value is -2.48. The summed E-state index contributed by atoms with van der Waals surface area (Å²) in [7, 11) is 0. The first-order valence-corrected chi connectivity index (χ1v) is 13.7. The molecule has 0 amide bonds. The number of nitrogens with zero attached hydrogens (tertiary/aromatic N) is 3. The first-order chi connectivity index (χ1) is 18.6. The molecule has 39 heavy (non-hydrogen) atoms. The first kappa shape index (κ1) is 28.1. The Morgan fingerprint density at radius 2 is 1.77 bits per heavy atom. The fourth-order valence-corrected chi connectivity index (χ4v) is 7.20. The molecule has 6 atom stereocenters. The van der Waals surface area contributed by atoms with Gasteiger partial charge in [-0.15, -0.1) is 16.9 Å². The molecule has 4 N–H and O–H groups in total. The lowest BCUT2D eigenvalue weighted by Gasteiger charge is -2.44. The number of thioether (sulfide) groups is 1. The van der Waals surface area contributed by atoms with Crippen molar-refractivity contribution in [2.24, 2.45) is 0 Å².